The van der Waals surface area contributed by atoms with E-state index in [0.717, 1.165) is 22.9 Å². The molecule has 2 aromatic rings. The van der Waals surface area contributed by atoms with Crippen molar-refractivity contribution in [1.82, 2.24) is 9.97 Å². The highest BCUT2D eigenvalue weighted by Crippen LogP contribution is 2.24. The zero-order valence-corrected chi connectivity index (χ0v) is 12.7. The predicted molar refractivity (Wildman–Crippen MR) is 87.4 cm³/mol. The number of nitrogens with zero attached hydrogens (tertiary/aromatic N) is 2. The second-order valence-corrected chi connectivity index (χ2v) is 5.52. The molecule has 1 heterocycles. The number of carbonyl (C=O) groups is 1. The molecule has 1 aliphatic carbocycles. The minimum Gasteiger partial charge on any atom is -0.351 e. The Morgan fingerprint density at radius 2 is 1.82 bits per heavy atom. The molecular weight excluding hydrogens is 278 g/mol. The van der Waals surface area contributed by atoms with Crippen LogP contribution in [0.15, 0.2) is 30.3 Å². The molecule has 1 saturated carbocycles. The van der Waals surface area contributed by atoms with Crippen LogP contribution in [-0.2, 0) is 4.79 Å². The first-order valence-electron chi connectivity index (χ1n) is 7.35. The molecule has 6 heteroatoms. The van der Waals surface area contributed by atoms with Crippen LogP contribution in [0.3, 0.4) is 0 Å². The fraction of sp³-hybridized carbons (Fsp3) is 0.312. The number of anilines is 4. The van der Waals surface area contributed by atoms with Gasteiger partial charge >= 0.3 is 0 Å². The van der Waals surface area contributed by atoms with Gasteiger partial charge in [-0.15, -0.1) is 0 Å². The highest BCUT2D eigenvalue weighted by Gasteiger charge is 2.22. The van der Waals surface area contributed by atoms with E-state index in [0.29, 0.717) is 12.0 Å². The quantitative estimate of drug-likeness (QED) is 0.790. The molecular formula is C16H19N5O. The standard InChI is InChI=1S/C16H19N5O/c1-10-9-15(21-16(17-10)20-14-7-8-14)19-13-5-3-12(4-6-13)18-11(2)22/h3-6,9,14H,7-8H2,1-2H3,(H,18,22)(H2,17,19,20,21). The molecule has 3 rings (SSSR count). The van der Waals surface area contributed by atoms with Crippen molar-refractivity contribution in [3.05, 3.63) is 36.0 Å². The minimum atomic E-state index is -0.0806. The van der Waals surface area contributed by atoms with E-state index in [1.807, 2.05) is 37.3 Å². The summed E-state index contributed by atoms with van der Waals surface area (Å²) in [6, 6.07) is 9.92. The number of hydrogen-bond acceptors (Lipinski definition) is 5. The molecule has 6 nitrogen and oxygen atoms in total. The fourth-order valence-electron chi connectivity index (χ4n) is 2.10. The Balaban J connectivity index is 1.71. The van der Waals surface area contributed by atoms with Crippen LogP contribution < -0.4 is 16.0 Å². The van der Waals surface area contributed by atoms with Crippen molar-refractivity contribution in [2.75, 3.05) is 16.0 Å². The SMILES string of the molecule is CC(=O)Nc1ccc(Nc2cc(C)nc(NC3CC3)n2)cc1. The van der Waals surface area contributed by atoms with Crippen molar-refractivity contribution in [3.63, 3.8) is 0 Å². The lowest BCUT2D eigenvalue weighted by Gasteiger charge is -2.10. The van der Waals surface area contributed by atoms with Gasteiger partial charge in [0.15, 0.2) is 0 Å². The Bertz CT molecular complexity index is 679. The highest BCUT2D eigenvalue weighted by atomic mass is 16.1. The van der Waals surface area contributed by atoms with Crippen molar-refractivity contribution in [2.45, 2.75) is 32.7 Å². The number of nitrogens with one attached hydrogen (secondary N) is 3. The molecule has 0 atom stereocenters. The molecule has 0 radical (unpaired) electrons. The number of aryl methyl sites for hydroxylation is 1. The Labute approximate surface area is 129 Å². The van der Waals surface area contributed by atoms with Gasteiger partial charge in [-0.25, -0.2) is 4.98 Å². The third kappa shape index (κ3) is 3.94. The van der Waals surface area contributed by atoms with Crippen molar-refractivity contribution in [1.29, 1.82) is 0 Å². The summed E-state index contributed by atoms with van der Waals surface area (Å²) in [4.78, 5) is 19.9. The van der Waals surface area contributed by atoms with Crippen LogP contribution in [0.1, 0.15) is 25.5 Å². The van der Waals surface area contributed by atoms with Crippen molar-refractivity contribution < 1.29 is 4.79 Å². The van der Waals surface area contributed by atoms with Crippen LogP contribution in [0.5, 0.6) is 0 Å². The van der Waals surface area contributed by atoms with E-state index >= 15 is 0 Å². The maximum atomic E-state index is 11.0. The second-order valence-electron chi connectivity index (χ2n) is 5.52. The van der Waals surface area contributed by atoms with Gasteiger partial charge in [0.1, 0.15) is 5.82 Å². The molecule has 0 unspecified atom stereocenters. The summed E-state index contributed by atoms with van der Waals surface area (Å²) in [7, 11) is 0. The van der Waals surface area contributed by atoms with Gasteiger partial charge in [-0.3, -0.25) is 4.79 Å². The molecule has 1 amide bonds. The average Bonchev–Trinajstić information content (AvgIpc) is 3.24. The zero-order valence-electron chi connectivity index (χ0n) is 12.7. The summed E-state index contributed by atoms with van der Waals surface area (Å²) < 4.78 is 0. The van der Waals surface area contributed by atoms with Crippen LogP contribution in [0, 0.1) is 6.92 Å². The lowest BCUT2D eigenvalue weighted by atomic mass is 10.2. The van der Waals surface area contributed by atoms with Crippen LogP contribution >= 0.6 is 0 Å². The summed E-state index contributed by atoms with van der Waals surface area (Å²) in [5.74, 6) is 1.34. The van der Waals surface area contributed by atoms with Crippen LogP contribution in [0.25, 0.3) is 0 Å². The van der Waals surface area contributed by atoms with Crippen molar-refractivity contribution in [3.8, 4) is 0 Å². The van der Waals surface area contributed by atoms with E-state index < -0.39 is 0 Å². The van der Waals surface area contributed by atoms with E-state index in [9.17, 15) is 4.79 Å². The third-order valence-electron chi connectivity index (χ3n) is 3.24. The Morgan fingerprint density at radius 3 is 2.45 bits per heavy atom. The second kappa shape index (κ2) is 6.01. The Morgan fingerprint density at radius 1 is 1.14 bits per heavy atom. The van der Waals surface area contributed by atoms with Gasteiger partial charge in [-0.05, 0) is 44.0 Å². The average molecular weight is 297 g/mol. The number of rotatable bonds is 5. The summed E-state index contributed by atoms with van der Waals surface area (Å²) in [5, 5.41) is 9.30. The van der Waals surface area contributed by atoms with Gasteiger partial charge in [-0.1, -0.05) is 0 Å². The number of benzene rings is 1. The predicted octanol–water partition coefficient (Wildman–Crippen LogP) is 3.06. The van der Waals surface area contributed by atoms with E-state index in [4.69, 9.17) is 0 Å². The molecule has 0 aliphatic heterocycles. The molecule has 1 aliphatic rings. The molecule has 1 aromatic carbocycles. The van der Waals surface area contributed by atoms with Crippen molar-refractivity contribution in [2.24, 2.45) is 0 Å². The maximum Gasteiger partial charge on any atom is 0.225 e. The van der Waals surface area contributed by atoms with Crippen LogP contribution in [-0.4, -0.2) is 21.9 Å². The largest absolute Gasteiger partial charge is 0.351 e. The van der Waals surface area contributed by atoms with Gasteiger partial charge in [0, 0.05) is 36.1 Å². The molecule has 1 aromatic heterocycles. The summed E-state index contributed by atoms with van der Waals surface area (Å²) >= 11 is 0. The molecule has 0 bridgehead atoms. The van der Waals surface area contributed by atoms with E-state index in [1.54, 1.807) is 0 Å². The lowest BCUT2D eigenvalue weighted by Crippen LogP contribution is -2.08. The molecule has 0 spiro atoms. The summed E-state index contributed by atoms with van der Waals surface area (Å²) in [6.45, 7) is 3.44. The smallest absolute Gasteiger partial charge is 0.225 e. The van der Waals surface area contributed by atoms with Crippen molar-refractivity contribution >= 4 is 29.0 Å². The number of amides is 1. The molecule has 3 N–H and O–H groups in total. The van der Waals surface area contributed by atoms with Gasteiger partial charge in [0.25, 0.3) is 0 Å². The summed E-state index contributed by atoms with van der Waals surface area (Å²) in [6.07, 6.45) is 2.37. The molecule has 1 fully saturated rings. The lowest BCUT2D eigenvalue weighted by molar-refractivity contribution is -0.114. The van der Waals surface area contributed by atoms with Gasteiger partial charge in [0.2, 0.25) is 11.9 Å². The number of aromatic nitrogens is 2. The minimum absolute atomic E-state index is 0.0806. The normalized spacial score (nSPS) is 13.5. The highest BCUT2D eigenvalue weighted by molar-refractivity contribution is 5.88. The topological polar surface area (TPSA) is 78.9 Å². The zero-order chi connectivity index (χ0) is 15.5. The first-order valence-corrected chi connectivity index (χ1v) is 7.35. The number of carbonyl (C=O) groups excluding carboxylic acids is 1. The first-order chi connectivity index (χ1) is 10.6. The number of hydrogen-bond donors (Lipinski definition) is 3. The van der Waals surface area contributed by atoms with Crippen LogP contribution in [0.2, 0.25) is 0 Å². The molecule has 22 heavy (non-hydrogen) atoms. The Hall–Kier alpha value is -2.63. The van der Waals surface area contributed by atoms with E-state index in [-0.39, 0.29) is 5.91 Å². The third-order valence-corrected chi connectivity index (χ3v) is 3.24. The Kier molecular flexibility index (Phi) is 3.91. The fourth-order valence-corrected chi connectivity index (χ4v) is 2.10. The van der Waals surface area contributed by atoms with E-state index in [1.165, 1.54) is 19.8 Å². The van der Waals surface area contributed by atoms with Gasteiger partial charge in [0.05, 0.1) is 0 Å². The van der Waals surface area contributed by atoms with Gasteiger partial charge < -0.3 is 16.0 Å². The maximum absolute atomic E-state index is 11.0. The molecule has 114 valence electrons. The van der Waals surface area contributed by atoms with Crippen LogP contribution in [0.4, 0.5) is 23.1 Å². The van der Waals surface area contributed by atoms with Gasteiger partial charge in [-0.2, -0.15) is 4.98 Å². The first kappa shape index (κ1) is 14.3. The molecule has 0 saturated heterocycles. The van der Waals surface area contributed by atoms with E-state index in [2.05, 4.69) is 25.9 Å². The monoisotopic (exact) mass is 297 g/mol. The summed E-state index contributed by atoms with van der Waals surface area (Å²) in [5.41, 5.74) is 2.59.